The molecule has 0 radical (unpaired) electrons. The molecule has 0 bridgehead atoms. The number of likely N-dealkylation sites (N-methyl/N-ethyl adjacent to an activating group) is 1. The molecule has 3 rings (SSSR count). The number of carbonyl (C=O) groups excluding carboxylic acids is 2. The van der Waals surface area contributed by atoms with E-state index in [2.05, 4.69) is 32.5 Å². The molecule has 1 aromatic carbocycles. The van der Waals surface area contributed by atoms with Gasteiger partial charge in [-0.2, -0.15) is 0 Å². The van der Waals surface area contributed by atoms with E-state index in [-0.39, 0.29) is 18.4 Å². The Kier molecular flexibility index (Phi) is 6.03. The molecule has 27 heavy (non-hydrogen) atoms. The van der Waals surface area contributed by atoms with E-state index in [1.54, 1.807) is 18.3 Å². The lowest BCUT2D eigenvalue weighted by molar-refractivity contribution is -0.115. The number of aryl methyl sites for hydroxylation is 1. The summed E-state index contributed by atoms with van der Waals surface area (Å²) in [7, 11) is 2.11. The molecule has 1 fully saturated rings. The van der Waals surface area contributed by atoms with Crippen molar-refractivity contribution in [2.45, 2.75) is 6.92 Å². The fraction of sp³-hybridized carbons (Fsp3) is 0.350. The summed E-state index contributed by atoms with van der Waals surface area (Å²) in [6.45, 7) is 5.69. The molecule has 1 aliphatic rings. The minimum absolute atomic E-state index is 0.0899. The molecule has 2 aromatic rings. The molecule has 142 valence electrons. The van der Waals surface area contributed by atoms with Gasteiger partial charge in [-0.1, -0.05) is 18.2 Å². The van der Waals surface area contributed by atoms with Crippen LogP contribution < -0.4 is 15.5 Å². The van der Waals surface area contributed by atoms with E-state index in [1.165, 1.54) is 0 Å². The summed E-state index contributed by atoms with van der Waals surface area (Å²) in [4.78, 5) is 33.2. The van der Waals surface area contributed by atoms with Gasteiger partial charge in [0.25, 0.3) is 5.91 Å². The van der Waals surface area contributed by atoms with Crippen molar-refractivity contribution >= 4 is 23.3 Å². The summed E-state index contributed by atoms with van der Waals surface area (Å²) >= 11 is 0. The van der Waals surface area contributed by atoms with E-state index in [4.69, 9.17) is 0 Å². The van der Waals surface area contributed by atoms with Crippen LogP contribution in [0.1, 0.15) is 15.9 Å². The predicted octanol–water partition coefficient (Wildman–Crippen LogP) is 1.51. The minimum atomic E-state index is -0.286. The van der Waals surface area contributed by atoms with E-state index >= 15 is 0 Å². The van der Waals surface area contributed by atoms with Gasteiger partial charge in [0.1, 0.15) is 5.82 Å². The number of rotatable bonds is 5. The predicted molar refractivity (Wildman–Crippen MR) is 106 cm³/mol. The van der Waals surface area contributed by atoms with Crippen molar-refractivity contribution in [1.82, 2.24) is 15.2 Å². The van der Waals surface area contributed by atoms with Gasteiger partial charge in [0.05, 0.1) is 18.4 Å². The third-order valence-electron chi connectivity index (χ3n) is 4.66. The highest BCUT2D eigenvalue weighted by atomic mass is 16.2. The Balaban J connectivity index is 1.49. The number of hydrogen-bond acceptors (Lipinski definition) is 5. The van der Waals surface area contributed by atoms with E-state index in [0.29, 0.717) is 11.3 Å². The number of pyridine rings is 1. The van der Waals surface area contributed by atoms with Crippen LogP contribution in [0, 0.1) is 6.92 Å². The third-order valence-corrected chi connectivity index (χ3v) is 4.66. The van der Waals surface area contributed by atoms with Gasteiger partial charge in [-0.25, -0.2) is 4.98 Å². The molecule has 7 nitrogen and oxygen atoms in total. The van der Waals surface area contributed by atoms with Crippen molar-refractivity contribution in [3.8, 4) is 0 Å². The number of benzene rings is 1. The van der Waals surface area contributed by atoms with Gasteiger partial charge >= 0.3 is 0 Å². The van der Waals surface area contributed by atoms with Crippen molar-refractivity contribution in [2.75, 3.05) is 50.0 Å². The second kappa shape index (κ2) is 8.64. The van der Waals surface area contributed by atoms with Gasteiger partial charge in [-0.3, -0.25) is 9.59 Å². The number of nitrogens with one attached hydrogen (secondary N) is 2. The lowest BCUT2D eigenvalue weighted by Crippen LogP contribution is -2.44. The summed E-state index contributed by atoms with van der Waals surface area (Å²) in [5, 5.41) is 5.40. The van der Waals surface area contributed by atoms with Crippen molar-refractivity contribution in [3.63, 3.8) is 0 Å². The van der Waals surface area contributed by atoms with Gasteiger partial charge in [-0.15, -0.1) is 0 Å². The molecule has 2 heterocycles. The number of carbonyl (C=O) groups is 2. The number of piperazine rings is 1. The first-order valence-electron chi connectivity index (χ1n) is 9.06. The second-order valence-electron chi connectivity index (χ2n) is 6.74. The maximum absolute atomic E-state index is 12.2. The van der Waals surface area contributed by atoms with Gasteiger partial charge in [0, 0.05) is 31.7 Å². The quantitative estimate of drug-likeness (QED) is 0.838. The Bertz CT molecular complexity index is 798. The Hall–Kier alpha value is -2.93. The van der Waals surface area contributed by atoms with Crippen LogP contribution in [-0.4, -0.2) is 61.5 Å². The van der Waals surface area contributed by atoms with Crippen LogP contribution in [0.4, 0.5) is 11.5 Å². The van der Waals surface area contributed by atoms with Gasteiger partial charge in [0.15, 0.2) is 0 Å². The number of anilines is 2. The van der Waals surface area contributed by atoms with Crippen molar-refractivity contribution in [1.29, 1.82) is 0 Å². The topological polar surface area (TPSA) is 77.6 Å². The van der Waals surface area contributed by atoms with Crippen LogP contribution in [-0.2, 0) is 4.79 Å². The van der Waals surface area contributed by atoms with E-state index in [9.17, 15) is 9.59 Å². The molecular formula is C20H25N5O2. The molecule has 2 amide bonds. The van der Waals surface area contributed by atoms with Crippen LogP contribution in [0.5, 0.6) is 0 Å². The summed E-state index contributed by atoms with van der Waals surface area (Å²) in [6.07, 6.45) is 1.65. The molecule has 0 saturated carbocycles. The van der Waals surface area contributed by atoms with Crippen molar-refractivity contribution in [3.05, 3.63) is 53.7 Å². The summed E-state index contributed by atoms with van der Waals surface area (Å²) in [5.41, 5.74) is 2.06. The van der Waals surface area contributed by atoms with Crippen LogP contribution in [0.3, 0.4) is 0 Å². The maximum Gasteiger partial charge on any atom is 0.251 e. The average molecular weight is 367 g/mol. The zero-order valence-corrected chi connectivity index (χ0v) is 15.7. The second-order valence-corrected chi connectivity index (χ2v) is 6.74. The zero-order chi connectivity index (χ0) is 19.2. The highest BCUT2D eigenvalue weighted by molar-refractivity contribution is 6.00. The molecule has 0 unspecified atom stereocenters. The molecule has 7 heteroatoms. The number of aromatic nitrogens is 1. The van der Waals surface area contributed by atoms with E-state index in [1.807, 2.05) is 31.2 Å². The van der Waals surface area contributed by atoms with Gasteiger partial charge < -0.3 is 20.4 Å². The molecule has 1 saturated heterocycles. The first-order chi connectivity index (χ1) is 13.0. The molecule has 0 spiro atoms. The molecule has 2 N–H and O–H groups in total. The maximum atomic E-state index is 12.2. The average Bonchev–Trinajstić information content (AvgIpc) is 2.68. The fourth-order valence-corrected chi connectivity index (χ4v) is 2.97. The van der Waals surface area contributed by atoms with Crippen molar-refractivity contribution in [2.24, 2.45) is 0 Å². The van der Waals surface area contributed by atoms with E-state index in [0.717, 1.165) is 37.6 Å². The minimum Gasteiger partial charge on any atom is -0.354 e. The Morgan fingerprint density at radius 3 is 2.48 bits per heavy atom. The Labute approximate surface area is 159 Å². The summed E-state index contributed by atoms with van der Waals surface area (Å²) in [5.74, 6) is 0.367. The molecule has 0 aliphatic carbocycles. The van der Waals surface area contributed by atoms with Gasteiger partial charge in [0.2, 0.25) is 5.91 Å². The summed E-state index contributed by atoms with van der Waals surface area (Å²) in [6, 6.07) is 11.0. The SMILES string of the molecule is Cc1ccccc1C(=O)NCC(=O)Nc1ccc(N2CCN(C)CC2)nc1. The first kappa shape index (κ1) is 18.8. The number of nitrogens with zero attached hydrogens (tertiary/aromatic N) is 3. The molecule has 1 aromatic heterocycles. The van der Waals surface area contributed by atoms with Crippen LogP contribution in [0.2, 0.25) is 0 Å². The lowest BCUT2D eigenvalue weighted by atomic mass is 10.1. The largest absolute Gasteiger partial charge is 0.354 e. The monoisotopic (exact) mass is 367 g/mol. The fourth-order valence-electron chi connectivity index (χ4n) is 2.97. The zero-order valence-electron chi connectivity index (χ0n) is 15.7. The third kappa shape index (κ3) is 5.04. The van der Waals surface area contributed by atoms with Crippen molar-refractivity contribution < 1.29 is 9.59 Å². The highest BCUT2D eigenvalue weighted by Crippen LogP contribution is 2.15. The van der Waals surface area contributed by atoms with Crippen LogP contribution in [0.15, 0.2) is 42.6 Å². The molecular weight excluding hydrogens is 342 g/mol. The smallest absolute Gasteiger partial charge is 0.251 e. The molecule has 1 aliphatic heterocycles. The van der Waals surface area contributed by atoms with Crippen LogP contribution >= 0.6 is 0 Å². The standard InChI is InChI=1S/C20H25N5O2/c1-15-5-3-4-6-17(15)20(27)22-14-19(26)23-16-7-8-18(21-13-16)25-11-9-24(2)10-12-25/h3-8,13H,9-12,14H2,1-2H3,(H,22,27)(H,23,26). The van der Waals surface area contributed by atoms with Crippen LogP contribution in [0.25, 0.3) is 0 Å². The first-order valence-corrected chi connectivity index (χ1v) is 9.06. The summed E-state index contributed by atoms with van der Waals surface area (Å²) < 4.78 is 0. The Morgan fingerprint density at radius 1 is 1.07 bits per heavy atom. The molecule has 0 atom stereocenters. The van der Waals surface area contributed by atoms with E-state index < -0.39 is 0 Å². The number of amides is 2. The highest BCUT2D eigenvalue weighted by Gasteiger charge is 2.15. The normalized spacial score (nSPS) is 14.7. The Morgan fingerprint density at radius 2 is 1.81 bits per heavy atom. The number of hydrogen-bond donors (Lipinski definition) is 2. The van der Waals surface area contributed by atoms with Gasteiger partial charge in [-0.05, 0) is 37.7 Å². The lowest BCUT2D eigenvalue weighted by Gasteiger charge is -2.33.